The van der Waals surface area contributed by atoms with E-state index in [0.29, 0.717) is 12.8 Å². The monoisotopic (exact) mass is 774 g/mol. The van der Waals surface area contributed by atoms with Crippen LogP contribution < -0.4 is 5.11 Å². The molecule has 0 aliphatic rings. The van der Waals surface area contributed by atoms with Crippen LogP contribution >= 0.6 is 0 Å². The van der Waals surface area contributed by atoms with Crippen LogP contribution in [0.4, 0.5) is 0 Å². The molecule has 0 amide bonds. The Labute approximate surface area is 337 Å². The van der Waals surface area contributed by atoms with Gasteiger partial charge in [0.1, 0.15) is 12.6 Å². The third-order valence-electron chi connectivity index (χ3n) is 9.76. The fourth-order valence-corrected chi connectivity index (χ4v) is 6.30. The van der Waals surface area contributed by atoms with E-state index in [4.69, 9.17) is 14.2 Å². The van der Waals surface area contributed by atoms with Gasteiger partial charge in [0.05, 0.1) is 40.3 Å². The summed E-state index contributed by atoms with van der Waals surface area (Å²) in [5.74, 6) is -1.77. The molecule has 2 unspecified atom stereocenters. The Morgan fingerprint density at radius 1 is 0.564 bits per heavy atom. The molecule has 0 fully saturated rings. The average molecular weight is 774 g/mol. The average Bonchev–Trinajstić information content (AvgIpc) is 3.14. The highest BCUT2D eigenvalue weighted by atomic mass is 16.6. The van der Waals surface area contributed by atoms with Crippen molar-refractivity contribution >= 4 is 17.9 Å². The number of likely N-dealkylation sites (N-methyl/N-ethyl adjacent to an activating group) is 1. The molecule has 0 bridgehead atoms. The maximum atomic E-state index is 12.7. The standard InChI is InChI=1S/C47H83NO7/c1-6-8-10-12-14-16-18-20-21-22-23-24-26-28-30-32-34-36-38-46(50)55-43(41-53-40-39-44(47(51)52)48(3,4)5)42-54-45(49)37-35-33-31-29-27-25-19-17-15-13-11-9-7-2/h9,11,13,15,17,19,23-24,43-44H,6-8,10,12,14,16,18,20-22,25-42H2,1-5H3/b11-9+,15-13+,19-17+,24-23+. The molecule has 0 aromatic rings. The minimum absolute atomic E-state index is 0.0300. The minimum Gasteiger partial charge on any atom is -0.544 e. The molecule has 55 heavy (non-hydrogen) atoms. The van der Waals surface area contributed by atoms with E-state index in [0.717, 1.165) is 77.0 Å². The van der Waals surface area contributed by atoms with Crippen LogP contribution in [0.15, 0.2) is 48.6 Å². The molecule has 0 aromatic carbocycles. The molecule has 2 atom stereocenters. The molecule has 0 heterocycles. The van der Waals surface area contributed by atoms with E-state index in [1.54, 1.807) is 21.1 Å². The topological polar surface area (TPSA) is 102 Å². The fourth-order valence-electron chi connectivity index (χ4n) is 6.30. The fraction of sp³-hybridized carbons (Fsp3) is 0.766. The van der Waals surface area contributed by atoms with Gasteiger partial charge in [-0.25, -0.2) is 0 Å². The second-order valence-corrected chi connectivity index (χ2v) is 16.0. The van der Waals surface area contributed by atoms with Crippen molar-refractivity contribution in [2.24, 2.45) is 0 Å². The van der Waals surface area contributed by atoms with Gasteiger partial charge in [0, 0.05) is 19.3 Å². The second kappa shape index (κ2) is 38.2. The summed E-state index contributed by atoms with van der Waals surface area (Å²) >= 11 is 0. The highest BCUT2D eigenvalue weighted by Gasteiger charge is 2.25. The molecular weight excluding hydrogens is 691 g/mol. The Hall–Kier alpha value is -2.71. The number of rotatable bonds is 39. The summed E-state index contributed by atoms with van der Waals surface area (Å²) in [6, 6.07) is -0.731. The summed E-state index contributed by atoms with van der Waals surface area (Å²) < 4.78 is 17.1. The number of allylic oxidation sites excluding steroid dienone is 8. The lowest BCUT2D eigenvalue weighted by Gasteiger charge is -2.34. The third-order valence-corrected chi connectivity index (χ3v) is 9.76. The van der Waals surface area contributed by atoms with Crippen LogP contribution in [-0.4, -0.2) is 75.5 Å². The molecule has 318 valence electrons. The Balaban J connectivity index is 4.36. The number of nitrogens with zero attached hydrogens (tertiary/aromatic N) is 1. The number of aliphatic carboxylic acids is 1. The molecule has 0 rings (SSSR count). The number of hydrogen-bond donors (Lipinski definition) is 0. The summed E-state index contributed by atoms with van der Waals surface area (Å²) in [7, 11) is 5.39. The number of hydrogen-bond acceptors (Lipinski definition) is 7. The Kier molecular flexibility index (Phi) is 36.3. The van der Waals surface area contributed by atoms with Crippen LogP contribution in [-0.2, 0) is 28.6 Å². The largest absolute Gasteiger partial charge is 0.544 e. The molecule has 0 spiro atoms. The first-order valence-corrected chi connectivity index (χ1v) is 22.2. The summed E-state index contributed by atoms with van der Waals surface area (Å²) in [6.45, 7) is 4.50. The third kappa shape index (κ3) is 36.7. The second-order valence-electron chi connectivity index (χ2n) is 16.0. The Morgan fingerprint density at radius 2 is 1.04 bits per heavy atom. The van der Waals surface area contributed by atoms with Gasteiger partial charge in [-0.05, 0) is 57.8 Å². The predicted octanol–water partition coefficient (Wildman–Crippen LogP) is 10.7. The van der Waals surface area contributed by atoms with Crippen LogP contribution in [0.3, 0.4) is 0 Å². The summed E-state index contributed by atoms with van der Waals surface area (Å²) in [5.41, 5.74) is 0. The molecule has 0 N–H and O–H groups in total. The van der Waals surface area contributed by atoms with Crippen molar-refractivity contribution in [2.45, 2.75) is 193 Å². The van der Waals surface area contributed by atoms with Crippen LogP contribution in [0, 0.1) is 0 Å². The van der Waals surface area contributed by atoms with Crippen molar-refractivity contribution in [3.8, 4) is 0 Å². The van der Waals surface area contributed by atoms with Crippen molar-refractivity contribution in [1.82, 2.24) is 0 Å². The van der Waals surface area contributed by atoms with Crippen LogP contribution in [0.5, 0.6) is 0 Å². The van der Waals surface area contributed by atoms with Crippen LogP contribution in [0.1, 0.15) is 181 Å². The number of carbonyl (C=O) groups is 3. The van der Waals surface area contributed by atoms with E-state index < -0.39 is 18.1 Å². The Bertz CT molecular complexity index is 1040. The molecule has 0 aromatic heterocycles. The first kappa shape index (κ1) is 52.3. The van der Waals surface area contributed by atoms with Crippen molar-refractivity contribution < 1.29 is 38.2 Å². The molecule has 0 radical (unpaired) electrons. The zero-order valence-electron chi connectivity index (χ0n) is 36.1. The van der Waals surface area contributed by atoms with Gasteiger partial charge < -0.3 is 28.6 Å². The molecular formula is C47H83NO7. The van der Waals surface area contributed by atoms with E-state index in [1.807, 2.05) is 6.08 Å². The molecule has 8 nitrogen and oxygen atoms in total. The lowest BCUT2D eigenvalue weighted by Crippen LogP contribution is -2.55. The maximum Gasteiger partial charge on any atom is 0.306 e. The van der Waals surface area contributed by atoms with Gasteiger partial charge in [-0.3, -0.25) is 9.59 Å². The first-order chi connectivity index (χ1) is 26.6. The lowest BCUT2D eigenvalue weighted by atomic mass is 10.1. The van der Waals surface area contributed by atoms with Gasteiger partial charge in [0.25, 0.3) is 0 Å². The van der Waals surface area contributed by atoms with E-state index >= 15 is 0 Å². The molecule has 0 aliphatic carbocycles. The maximum absolute atomic E-state index is 12.7. The van der Waals surface area contributed by atoms with E-state index in [1.165, 1.54) is 70.6 Å². The van der Waals surface area contributed by atoms with Gasteiger partial charge in [-0.1, -0.05) is 152 Å². The van der Waals surface area contributed by atoms with Gasteiger partial charge in [-0.15, -0.1) is 0 Å². The number of unbranched alkanes of at least 4 members (excludes halogenated alkanes) is 19. The number of carbonyl (C=O) groups excluding carboxylic acids is 3. The Morgan fingerprint density at radius 3 is 1.55 bits per heavy atom. The first-order valence-electron chi connectivity index (χ1n) is 22.2. The summed E-state index contributed by atoms with van der Waals surface area (Å²) in [4.78, 5) is 36.8. The molecule has 0 saturated carbocycles. The van der Waals surface area contributed by atoms with Crippen LogP contribution in [0.25, 0.3) is 0 Å². The zero-order valence-corrected chi connectivity index (χ0v) is 36.1. The lowest BCUT2D eigenvalue weighted by molar-refractivity contribution is -0.889. The number of ether oxygens (including phenoxy) is 3. The number of quaternary nitrogens is 1. The number of carboxylic acids is 1. The number of esters is 2. The van der Waals surface area contributed by atoms with Gasteiger partial charge in [0.2, 0.25) is 0 Å². The normalized spacial score (nSPS) is 13.4. The summed E-state index contributed by atoms with van der Waals surface area (Å²) in [5, 5.41) is 11.6. The zero-order chi connectivity index (χ0) is 40.7. The molecule has 0 saturated heterocycles. The van der Waals surface area contributed by atoms with E-state index in [-0.39, 0.29) is 42.7 Å². The van der Waals surface area contributed by atoms with Crippen molar-refractivity contribution in [2.75, 3.05) is 41.0 Å². The number of carboxylic acid groups (broad SMARTS) is 1. The van der Waals surface area contributed by atoms with Crippen LogP contribution in [0.2, 0.25) is 0 Å². The van der Waals surface area contributed by atoms with Crippen molar-refractivity contribution in [1.29, 1.82) is 0 Å². The van der Waals surface area contributed by atoms with Gasteiger partial charge >= 0.3 is 11.9 Å². The van der Waals surface area contributed by atoms with Gasteiger partial charge in [-0.2, -0.15) is 0 Å². The predicted molar refractivity (Wildman–Crippen MR) is 226 cm³/mol. The van der Waals surface area contributed by atoms with Gasteiger partial charge in [0.15, 0.2) is 6.10 Å². The quantitative estimate of drug-likeness (QED) is 0.0201. The summed E-state index contributed by atoms with van der Waals surface area (Å²) in [6.07, 6.45) is 44.2. The van der Waals surface area contributed by atoms with Crippen molar-refractivity contribution in [3.05, 3.63) is 48.6 Å². The molecule has 0 aliphatic heterocycles. The highest BCUT2D eigenvalue weighted by Crippen LogP contribution is 2.14. The smallest absolute Gasteiger partial charge is 0.306 e. The molecule has 8 heteroatoms. The SMILES string of the molecule is CC/C=C/C=C/C=C/CCCCCCCC(=O)OCC(COCCC(C(=O)[O-])[N+](C)(C)C)OC(=O)CCCCCCC/C=C/CCCCCCCCCCC. The van der Waals surface area contributed by atoms with E-state index in [2.05, 4.69) is 56.4 Å². The highest BCUT2D eigenvalue weighted by molar-refractivity contribution is 5.70. The minimum atomic E-state index is -1.13. The van der Waals surface area contributed by atoms with Crippen molar-refractivity contribution in [3.63, 3.8) is 0 Å². The van der Waals surface area contributed by atoms with E-state index in [9.17, 15) is 19.5 Å².